The largest absolute Gasteiger partial charge is 0.444 e. The molecule has 0 saturated carbocycles. The SMILES string of the molecule is Cc1cccc(CS(=O)(=O)N2CCN(C)C[C@H]2CNC(=O)OC(C)(C)C)c1. The fraction of sp³-hybridized carbons (Fsp3) is 0.632. The minimum Gasteiger partial charge on any atom is -0.444 e. The lowest BCUT2D eigenvalue weighted by molar-refractivity contribution is 0.0503. The van der Waals surface area contributed by atoms with Gasteiger partial charge in [-0.3, -0.25) is 0 Å². The molecular weight excluding hydrogens is 366 g/mol. The highest BCUT2D eigenvalue weighted by Crippen LogP contribution is 2.18. The van der Waals surface area contributed by atoms with Gasteiger partial charge in [0.1, 0.15) is 5.60 Å². The number of carbonyl (C=O) groups excluding carboxylic acids is 1. The Kier molecular flexibility index (Phi) is 6.88. The van der Waals surface area contributed by atoms with Crippen LogP contribution in [0.2, 0.25) is 0 Å². The van der Waals surface area contributed by atoms with Crippen molar-refractivity contribution >= 4 is 16.1 Å². The fourth-order valence-electron chi connectivity index (χ4n) is 3.14. The number of rotatable bonds is 5. The molecule has 1 N–H and O–H groups in total. The summed E-state index contributed by atoms with van der Waals surface area (Å²) >= 11 is 0. The molecule has 8 heteroatoms. The number of nitrogens with one attached hydrogen (secondary N) is 1. The van der Waals surface area contributed by atoms with Gasteiger partial charge in [0, 0.05) is 26.2 Å². The van der Waals surface area contributed by atoms with Crippen LogP contribution in [0, 0.1) is 6.92 Å². The molecule has 1 fully saturated rings. The predicted octanol–water partition coefficient (Wildman–Crippen LogP) is 1.97. The third kappa shape index (κ3) is 6.79. The summed E-state index contributed by atoms with van der Waals surface area (Å²) in [5.74, 6) is -0.0403. The summed E-state index contributed by atoms with van der Waals surface area (Å²) in [7, 11) is -1.54. The number of ether oxygens (including phenoxy) is 1. The number of carbonyl (C=O) groups is 1. The van der Waals surface area contributed by atoms with E-state index in [1.54, 1.807) is 20.8 Å². The van der Waals surface area contributed by atoms with Crippen LogP contribution in [0.25, 0.3) is 0 Å². The molecule has 7 nitrogen and oxygen atoms in total. The Bertz CT molecular complexity index is 758. The lowest BCUT2D eigenvalue weighted by atomic mass is 10.2. The van der Waals surface area contributed by atoms with Crippen LogP contribution in [-0.4, -0.2) is 68.6 Å². The number of sulfonamides is 1. The Hall–Kier alpha value is -1.64. The predicted molar refractivity (Wildman–Crippen MR) is 106 cm³/mol. The smallest absolute Gasteiger partial charge is 0.407 e. The highest BCUT2D eigenvalue weighted by molar-refractivity contribution is 7.88. The maximum absolute atomic E-state index is 13.0. The van der Waals surface area contributed by atoms with Gasteiger partial charge in [0.15, 0.2) is 0 Å². The lowest BCUT2D eigenvalue weighted by Crippen LogP contribution is -2.58. The lowest BCUT2D eigenvalue weighted by Gasteiger charge is -2.39. The molecular formula is C19H31N3O4S. The number of alkyl carbamates (subject to hydrolysis) is 1. The molecule has 1 aromatic carbocycles. The van der Waals surface area contributed by atoms with Crippen LogP contribution < -0.4 is 5.32 Å². The van der Waals surface area contributed by atoms with Gasteiger partial charge >= 0.3 is 6.09 Å². The van der Waals surface area contributed by atoms with Crippen molar-refractivity contribution in [2.75, 3.05) is 33.2 Å². The quantitative estimate of drug-likeness (QED) is 0.822. The monoisotopic (exact) mass is 397 g/mol. The maximum atomic E-state index is 13.0. The standard InChI is InChI=1S/C19H31N3O4S/c1-15-7-6-8-16(11-15)14-27(24,25)22-10-9-21(5)13-17(22)12-20-18(23)26-19(2,3)4/h6-8,11,17H,9-10,12-14H2,1-5H3,(H,20,23)/t17-/m1/s1. The number of hydrogen-bond acceptors (Lipinski definition) is 5. The number of aryl methyl sites for hydroxylation is 1. The van der Waals surface area contributed by atoms with E-state index in [1.165, 1.54) is 4.31 Å². The number of nitrogens with zero attached hydrogens (tertiary/aromatic N) is 2. The van der Waals surface area contributed by atoms with Crippen LogP contribution in [-0.2, 0) is 20.5 Å². The van der Waals surface area contributed by atoms with E-state index in [2.05, 4.69) is 10.2 Å². The van der Waals surface area contributed by atoms with Gasteiger partial charge in [0.05, 0.1) is 11.8 Å². The highest BCUT2D eigenvalue weighted by Gasteiger charge is 2.34. The third-order valence-corrected chi connectivity index (χ3v) is 6.20. The van der Waals surface area contributed by atoms with Crippen molar-refractivity contribution in [1.82, 2.24) is 14.5 Å². The van der Waals surface area contributed by atoms with Crippen molar-refractivity contribution in [1.29, 1.82) is 0 Å². The second kappa shape index (κ2) is 8.58. The van der Waals surface area contributed by atoms with E-state index in [-0.39, 0.29) is 18.3 Å². The Balaban J connectivity index is 2.08. The van der Waals surface area contributed by atoms with E-state index in [0.29, 0.717) is 19.6 Å². The van der Waals surface area contributed by atoms with E-state index in [0.717, 1.165) is 11.1 Å². The molecule has 0 bridgehead atoms. The van der Waals surface area contributed by atoms with E-state index >= 15 is 0 Å². The maximum Gasteiger partial charge on any atom is 0.407 e. The summed E-state index contributed by atoms with van der Waals surface area (Å²) in [6, 6.07) is 7.20. The molecule has 0 aliphatic carbocycles. The van der Waals surface area contributed by atoms with E-state index in [9.17, 15) is 13.2 Å². The van der Waals surface area contributed by atoms with Gasteiger partial charge in [-0.15, -0.1) is 0 Å². The normalized spacial score (nSPS) is 19.7. The van der Waals surface area contributed by atoms with Crippen molar-refractivity contribution in [2.24, 2.45) is 0 Å². The van der Waals surface area contributed by atoms with Crippen LogP contribution in [0.4, 0.5) is 4.79 Å². The van der Waals surface area contributed by atoms with Crippen LogP contribution in [0.5, 0.6) is 0 Å². The van der Waals surface area contributed by atoms with Crippen LogP contribution in [0.3, 0.4) is 0 Å². The first-order valence-corrected chi connectivity index (χ1v) is 10.8. The Labute approximate surface area is 162 Å². The molecule has 1 saturated heterocycles. The first kappa shape index (κ1) is 21.7. The highest BCUT2D eigenvalue weighted by atomic mass is 32.2. The molecule has 1 aromatic rings. The third-order valence-electron chi connectivity index (χ3n) is 4.30. The van der Waals surface area contributed by atoms with Crippen molar-refractivity contribution in [3.8, 4) is 0 Å². The summed E-state index contributed by atoms with van der Waals surface area (Å²) < 4.78 is 32.8. The number of hydrogen-bond donors (Lipinski definition) is 1. The van der Waals surface area contributed by atoms with Crippen LogP contribution >= 0.6 is 0 Å². The van der Waals surface area contributed by atoms with Gasteiger partial charge in [-0.25, -0.2) is 13.2 Å². The van der Waals surface area contributed by atoms with Crippen LogP contribution in [0.15, 0.2) is 24.3 Å². The van der Waals surface area contributed by atoms with Gasteiger partial charge in [0.2, 0.25) is 10.0 Å². The number of benzene rings is 1. The number of amides is 1. The van der Waals surface area contributed by atoms with Gasteiger partial charge in [-0.05, 0) is 40.3 Å². The van der Waals surface area contributed by atoms with Gasteiger partial charge in [-0.2, -0.15) is 4.31 Å². The molecule has 1 aliphatic heterocycles. The average molecular weight is 398 g/mol. The molecule has 152 valence electrons. The first-order chi connectivity index (χ1) is 12.5. The topological polar surface area (TPSA) is 79.0 Å². The van der Waals surface area contributed by atoms with Crippen molar-refractivity contribution < 1.29 is 17.9 Å². The molecule has 0 unspecified atom stereocenters. The summed E-state index contributed by atoms with van der Waals surface area (Å²) in [6.45, 7) is 9.16. The van der Waals surface area contributed by atoms with E-state index < -0.39 is 21.7 Å². The van der Waals surface area contributed by atoms with Crippen LogP contribution in [0.1, 0.15) is 31.9 Å². The molecule has 27 heavy (non-hydrogen) atoms. The number of likely N-dealkylation sites (N-methyl/N-ethyl adjacent to an activating group) is 1. The molecule has 1 amide bonds. The van der Waals surface area contributed by atoms with Crippen molar-refractivity contribution in [3.05, 3.63) is 35.4 Å². The van der Waals surface area contributed by atoms with Crippen molar-refractivity contribution in [3.63, 3.8) is 0 Å². The zero-order valence-corrected chi connectivity index (χ0v) is 17.7. The zero-order chi connectivity index (χ0) is 20.2. The van der Waals surface area contributed by atoms with E-state index in [4.69, 9.17) is 4.74 Å². The van der Waals surface area contributed by atoms with Gasteiger partial charge in [-0.1, -0.05) is 29.8 Å². The second-order valence-electron chi connectivity index (χ2n) is 8.15. The van der Waals surface area contributed by atoms with Gasteiger partial charge < -0.3 is 15.0 Å². The summed E-state index contributed by atoms with van der Waals surface area (Å²) in [5, 5.41) is 2.71. The summed E-state index contributed by atoms with van der Waals surface area (Å²) in [6.07, 6.45) is -0.535. The minimum atomic E-state index is -3.49. The second-order valence-corrected chi connectivity index (χ2v) is 10.1. The molecule has 1 heterocycles. The zero-order valence-electron chi connectivity index (χ0n) is 16.9. The van der Waals surface area contributed by atoms with Crippen molar-refractivity contribution in [2.45, 2.75) is 45.1 Å². The Morgan fingerprint density at radius 1 is 1.30 bits per heavy atom. The fourth-order valence-corrected chi connectivity index (χ4v) is 4.86. The molecule has 2 rings (SSSR count). The van der Waals surface area contributed by atoms with Gasteiger partial charge in [0.25, 0.3) is 0 Å². The average Bonchev–Trinajstić information content (AvgIpc) is 2.50. The summed E-state index contributed by atoms with van der Waals surface area (Å²) in [4.78, 5) is 14.0. The molecule has 0 aromatic heterocycles. The summed E-state index contributed by atoms with van der Waals surface area (Å²) in [5.41, 5.74) is 1.21. The number of piperazine rings is 1. The Morgan fingerprint density at radius 2 is 2.00 bits per heavy atom. The molecule has 0 radical (unpaired) electrons. The van der Waals surface area contributed by atoms with E-state index in [1.807, 2.05) is 38.2 Å². The Morgan fingerprint density at radius 3 is 2.63 bits per heavy atom. The first-order valence-electron chi connectivity index (χ1n) is 9.17. The molecule has 1 atom stereocenters. The molecule has 0 spiro atoms. The minimum absolute atomic E-state index is 0.0403. The molecule has 1 aliphatic rings.